The summed E-state index contributed by atoms with van der Waals surface area (Å²) in [4.78, 5) is 24.2. The van der Waals surface area contributed by atoms with E-state index in [0.717, 1.165) is 5.57 Å². The van der Waals surface area contributed by atoms with E-state index in [1.54, 1.807) is 20.8 Å². The molecule has 1 heterocycles. The van der Waals surface area contributed by atoms with Crippen LogP contribution in [-0.2, 0) is 14.3 Å². The molecule has 1 amide bonds. The Labute approximate surface area is 106 Å². The molecule has 0 saturated carbocycles. The minimum absolute atomic E-state index is 0.222. The van der Waals surface area contributed by atoms with Crippen molar-refractivity contribution in [3.05, 3.63) is 11.8 Å². The summed E-state index contributed by atoms with van der Waals surface area (Å²) in [6, 6.07) is -0.888. The number of aliphatic carboxylic acids is 1. The first-order chi connectivity index (χ1) is 8.24. The van der Waals surface area contributed by atoms with E-state index in [9.17, 15) is 9.59 Å². The van der Waals surface area contributed by atoms with Crippen molar-refractivity contribution in [2.75, 3.05) is 13.7 Å². The number of carbonyl (C=O) groups excluding carboxylic acids is 1. The highest BCUT2D eigenvalue weighted by molar-refractivity contribution is 5.82. The zero-order valence-corrected chi connectivity index (χ0v) is 11.1. The van der Waals surface area contributed by atoms with Crippen molar-refractivity contribution in [3.63, 3.8) is 0 Å². The highest BCUT2D eigenvalue weighted by Gasteiger charge is 2.39. The lowest BCUT2D eigenvalue weighted by Gasteiger charge is -2.26. The van der Waals surface area contributed by atoms with Gasteiger partial charge in [-0.25, -0.2) is 9.59 Å². The topological polar surface area (TPSA) is 76.1 Å². The molecule has 6 nitrogen and oxygen atoms in total. The Kier molecular flexibility index (Phi) is 4.21. The van der Waals surface area contributed by atoms with E-state index in [0.29, 0.717) is 0 Å². The first-order valence-corrected chi connectivity index (χ1v) is 5.67. The van der Waals surface area contributed by atoms with Gasteiger partial charge < -0.3 is 14.6 Å². The van der Waals surface area contributed by atoms with Crippen LogP contribution in [0.25, 0.3) is 0 Å². The van der Waals surface area contributed by atoms with Crippen LogP contribution in [0.4, 0.5) is 4.79 Å². The zero-order valence-electron chi connectivity index (χ0n) is 11.1. The Balaban J connectivity index is 2.82. The smallest absolute Gasteiger partial charge is 0.411 e. The number of amides is 1. The maximum atomic E-state index is 11.9. The number of carboxylic acid groups (broad SMARTS) is 1. The summed E-state index contributed by atoms with van der Waals surface area (Å²) < 4.78 is 10.0. The number of likely N-dealkylation sites (tertiary alicyclic amines) is 1. The Morgan fingerprint density at radius 2 is 2.06 bits per heavy atom. The first-order valence-electron chi connectivity index (χ1n) is 5.67. The van der Waals surface area contributed by atoms with Crippen LogP contribution in [0.1, 0.15) is 27.2 Å². The SMILES string of the molecule is CO/C=C1\C[C@@H](C(=O)O)N(C(=O)OC(C)(C)C)C1. The van der Waals surface area contributed by atoms with Crippen LogP contribution in [0, 0.1) is 0 Å². The molecule has 0 aromatic carbocycles. The third kappa shape index (κ3) is 3.65. The average molecular weight is 257 g/mol. The summed E-state index contributed by atoms with van der Waals surface area (Å²) in [7, 11) is 1.49. The number of hydrogen-bond donors (Lipinski definition) is 1. The third-order valence-corrected chi connectivity index (χ3v) is 2.40. The van der Waals surface area contributed by atoms with E-state index in [1.807, 2.05) is 0 Å². The number of rotatable bonds is 2. The van der Waals surface area contributed by atoms with Crippen molar-refractivity contribution in [1.82, 2.24) is 4.90 Å². The Morgan fingerprint density at radius 3 is 2.50 bits per heavy atom. The predicted octanol–water partition coefficient (Wildman–Crippen LogP) is 1.61. The number of ether oxygens (including phenoxy) is 2. The van der Waals surface area contributed by atoms with Gasteiger partial charge in [0.1, 0.15) is 11.6 Å². The van der Waals surface area contributed by atoms with Crippen molar-refractivity contribution >= 4 is 12.1 Å². The fraction of sp³-hybridized carbons (Fsp3) is 0.667. The minimum atomic E-state index is -1.04. The first kappa shape index (κ1) is 14.3. The lowest BCUT2D eigenvalue weighted by Crippen LogP contribution is -2.43. The van der Waals surface area contributed by atoms with Crippen molar-refractivity contribution in [2.24, 2.45) is 0 Å². The van der Waals surface area contributed by atoms with Crippen molar-refractivity contribution in [1.29, 1.82) is 0 Å². The summed E-state index contributed by atoms with van der Waals surface area (Å²) in [6.07, 6.45) is 1.12. The van der Waals surface area contributed by atoms with Gasteiger partial charge in [-0.1, -0.05) is 0 Å². The predicted molar refractivity (Wildman–Crippen MR) is 64.1 cm³/mol. The molecule has 18 heavy (non-hydrogen) atoms. The van der Waals surface area contributed by atoms with Gasteiger partial charge in [0.2, 0.25) is 0 Å². The number of methoxy groups -OCH3 is 1. The van der Waals surface area contributed by atoms with Crippen molar-refractivity contribution in [3.8, 4) is 0 Å². The van der Waals surface area contributed by atoms with Gasteiger partial charge in [-0.3, -0.25) is 4.90 Å². The second-order valence-corrected chi connectivity index (χ2v) is 5.18. The maximum absolute atomic E-state index is 11.9. The van der Waals surface area contributed by atoms with Crippen LogP contribution in [0.3, 0.4) is 0 Å². The second kappa shape index (κ2) is 5.29. The van der Waals surface area contributed by atoms with Crippen LogP contribution in [0.15, 0.2) is 11.8 Å². The molecule has 0 aromatic heterocycles. The van der Waals surface area contributed by atoms with E-state index >= 15 is 0 Å². The lowest BCUT2D eigenvalue weighted by molar-refractivity contribution is -0.142. The number of carboxylic acids is 1. The molecule has 0 bridgehead atoms. The van der Waals surface area contributed by atoms with Gasteiger partial charge in [-0.2, -0.15) is 0 Å². The standard InChI is InChI=1S/C12H19NO5/c1-12(2,3)18-11(16)13-6-8(7-17-4)5-9(13)10(14)15/h7,9H,5-6H2,1-4H3,(H,14,15)/b8-7+/t9-/m0/s1. The van der Waals surface area contributed by atoms with Crippen LogP contribution in [-0.4, -0.2) is 47.4 Å². The van der Waals surface area contributed by atoms with E-state index < -0.39 is 23.7 Å². The zero-order chi connectivity index (χ0) is 13.9. The van der Waals surface area contributed by atoms with E-state index in [-0.39, 0.29) is 13.0 Å². The Bertz CT molecular complexity index is 369. The number of hydrogen-bond acceptors (Lipinski definition) is 4. The quantitative estimate of drug-likeness (QED) is 0.760. The molecule has 102 valence electrons. The Morgan fingerprint density at radius 1 is 1.44 bits per heavy atom. The van der Waals surface area contributed by atoms with Gasteiger partial charge in [-0.15, -0.1) is 0 Å². The van der Waals surface area contributed by atoms with Gasteiger partial charge in [-0.05, 0) is 26.3 Å². The molecule has 1 N–H and O–H groups in total. The highest BCUT2D eigenvalue weighted by atomic mass is 16.6. The van der Waals surface area contributed by atoms with Crippen molar-refractivity contribution < 1.29 is 24.2 Å². The fourth-order valence-corrected chi connectivity index (χ4v) is 1.74. The van der Waals surface area contributed by atoms with E-state index in [4.69, 9.17) is 14.6 Å². The summed E-state index contributed by atoms with van der Waals surface area (Å²) in [6.45, 7) is 5.44. The summed E-state index contributed by atoms with van der Waals surface area (Å²) >= 11 is 0. The number of nitrogens with zero attached hydrogens (tertiary/aromatic N) is 1. The normalized spacial score (nSPS) is 22.1. The van der Waals surface area contributed by atoms with Gasteiger partial charge >= 0.3 is 12.1 Å². The van der Waals surface area contributed by atoms with Gasteiger partial charge in [0, 0.05) is 13.0 Å². The van der Waals surface area contributed by atoms with E-state index in [1.165, 1.54) is 18.3 Å². The summed E-state index contributed by atoms with van der Waals surface area (Å²) in [5.41, 5.74) is 0.115. The molecule has 6 heteroatoms. The van der Waals surface area contributed by atoms with Gasteiger partial charge in [0.25, 0.3) is 0 Å². The van der Waals surface area contributed by atoms with Crippen LogP contribution in [0.2, 0.25) is 0 Å². The molecule has 0 unspecified atom stereocenters. The minimum Gasteiger partial charge on any atom is -0.504 e. The van der Waals surface area contributed by atoms with Gasteiger partial charge in [0.15, 0.2) is 0 Å². The molecule has 1 saturated heterocycles. The van der Waals surface area contributed by atoms with E-state index in [2.05, 4.69) is 0 Å². The average Bonchev–Trinajstić information content (AvgIpc) is 2.59. The molecule has 1 aliphatic rings. The van der Waals surface area contributed by atoms with Crippen LogP contribution >= 0.6 is 0 Å². The lowest BCUT2D eigenvalue weighted by atomic mass is 10.2. The van der Waals surface area contributed by atoms with Crippen molar-refractivity contribution in [2.45, 2.75) is 38.8 Å². The highest BCUT2D eigenvalue weighted by Crippen LogP contribution is 2.25. The second-order valence-electron chi connectivity index (χ2n) is 5.18. The summed E-state index contributed by atoms with van der Waals surface area (Å²) in [5.74, 6) is -1.04. The summed E-state index contributed by atoms with van der Waals surface area (Å²) in [5, 5.41) is 9.10. The number of carbonyl (C=O) groups is 2. The molecular weight excluding hydrogens is 238 g/mol. The molecule has 1 atom stereocenters. The van der Waals surface area contributed by atoms with Crippen LogP contribution < -0.4 is 0 Å². The fourth-order valence-electron chi connectivity index (χ4n) is 1.74. The monoisotopic (exact) mass is 257 g/mol. The molecule has 0 aliphatic carbocycles. The van der Waals surface area contributed by atoms with Gasteiger partial charge in [0.05, 0.1) is 13.4 Å². The molecule has 0 aromatic rings. The largest absolute Gasteiger partial charge is 0.504 e. The molecule has 1 rings (SSSR count). The molecular formula is C12H19NO5. The van der Waals surface area contributed by atoms with Crippen LogP contribution in [0.5, 0.6) is 0 Å². The Hall–Kier alpha value is -1.72. The molecule has 0 radical (unpaired) electrons. The maximum Gasteiger partial charge on any atom is 0.411 e. The molecule has 1 aliphatic heterocycles. The molecule has 1 fully saturated rings. The third-order valence-electron chi connectivity index (χ3n) is 2.40. The molecule has 0 spiro atoms.